The van der Waals surface area contributed by atoms with Gasteiger partial charge in [0.1, 0.15) is 0 Å². The lowest BCUT2D eigenvalue weighted by Crippen LogP contribution is -2.37. The maximum atomic E-state index is 6.41. The summed E-state index contributed by atoms with van der Waals surface area (Å²) >= 11 is 3.67. The molecule has 0 aliphatic heterocycles. The molecule has 0 saturated heterocycles. The largest absolute Gasteiger partial charge is 0.327 e. The Morgan fingerprint density at radius 3 is 2.58 bits per heavy atom. The van der Waals surface area contributed by atoms with Crippen molar-refractivity contribution in [1.82, 2.24) is 9.78 Å². The van der Waals surface area contributed by atoms with Crippen molar-refractivity contribution < 1.29 is 0 Å². The minimum absolute atomic E-state index is 0.264. The number of rotatable bonds is 3. The molecule has 0 aromatic carbocycles. The van der Waals surface area contributed by atoms with Crippen molar-refractivity contribution >= 4 is 15.9 Å². The van der Waals surface area contributed by atoms with Crippen molar-refractivity contribution in [2.75, 3.05) is 0 Å². The van der Waals surface area contributed by atoms with Gasteiger partial charge >= 0.3 is 0 Å². The third-order valence-corrected chi connectivity index (χ3v) is 5.13. The number of hydrogen-bond acceptors (Lipinski definition) is 2. The molecule has 19 heavy (non-hydrogen) atoms. The van der Waals surface area contributed by atoms with E-state index in [1.165, 1.54) is 18.5 Å². The van der Waals surface area contributed by atoms with E-state index in [-0.39, 0.29) is 6.04 Å². The number of halogens is 1. The molecular formula is C15H26BrN3. The normalized spacial score (nSPS) is 28.3. The smallest absolute Gasteiger partial charge is 0.0635 e. The number of nitrogens with two attached hydrogens (primary N) is 1. The van der Waals surface area contributed by atoms with E-state index in [1.807, 2.05) is 6.20 Å². The van der Waals surface area contributed by atoms with Gasteiger partial charge in [-0.25, -0.2) is 0 Å². The van der Waals surface area contributed by atoms with Crippen LogP contribution in [0.5, 0.6) is 0 Å². The third-order valence-electron chi connectivity index (χ3n) is 4.51. The van der Waals surface area contributed by atoms with Crippen LogP contribution in [0.1, 0.15) is 64.6 Å². The number of nitrogens with zero attached hydrogens (tertiary/aromatic N) is 2. The van der Waals surface area contributed by atoms with Crippen molar-refractivity contribution in [2.24, 2.45) is 17.6 Å². The Bertz CT molecular complexity index is 425. The first-order valence-electron chi connectivity index (χ1n) is 7.40. The zero-order valence-corrected chi connectivity index (χ0v) is 14.0. The fraction of sp³-hybridized carbons (Fsp3) is 0.800. The van der Waals surface area contributed by atoms with Gasteiger partial charge in [-0.1, -0.05) is 13.8 Å². The van der Waals surface area contributed by atoms with Gasteiger partial charge in [0.05, 0.1) is 16.4 Å². The second-order valence-corrected chi connectivity index (χ2v) is 7.36. The molecule has 0 radical (unpaired) electrons. The van der Waals surface area contributed by atoms with Gasteiger partial charge < -0.3 is 5.73 Å². The average Bonchev–Trinajstić information content (AvgIpc) is 2.71. The summed E-state index contributed by atoms with van der Waals surface area (Å²) in [6.07, 6.45) is 5.50. The summed E-state index contributed by atoms with van der Waals surface area (Å²) in [5, 5.41) is 4.51. The molecule has 0 amide bonds. The Morgan fingerprint density at radius 2 is 2.00 bits per heavy atom. The standard InChI is InChI=1S/C15H26BrN3/c1-9(2)11-5-6-14(17)12(7-11)15-13(16)8-18-19(15)10(3)4/h8-12,14H,5-7,17H2,1-4H3. The Morgan fingerprint density at radius 1 is 1.32 bits per heavy atom. The molecule has 4 heteroatoms. The van der Waals surface area contributed by atoms with Crippen molar-refractivity contribution in [3.63, 3.8) is 0 Å². The van der Waals surface area contributed by atoms with Crippen LogP contribution in [0.2, 0.25) is 0 Å². The highest BCUT2D eigenvalue weighted by molar-refractivity contribution is 9.10. The maximum Gasteiger partial charge on any atom is 0.0635 e. The maximum absolute atomic E-state index is 6.41. The second-order valence-electron chi connectivity index (χ2n) is 6.50. The highest BCUT2D eigenvalue weighted by Crippen LogP contribution is 2.41. The summed E-state index contributed by atoms with van der Waals surface area (Å²) in [5.74, 6) is 1.96. The molecule has 1 saturated carbocycles. The van der Waals surface area contributed by atoms with Gasteiger partial charge in [-0.05, 0) is 60.9 Å². The van der Waals surface area contributed by atoms with Crippen LogP contribution < -0.4 is 5.73 Å². The second kappa shape index (κ2) is 5.96. The summed E-state index contributed by atoms with van der Waals surface area (Å²) in [4.78, 5) is 0. The Labute approximate surface area is 125 Å². The highest BCUT2D eigenvalue weighted by Gasteiger charge is 2.34. The van der Waals surface area contributed by atoms with Crippen LogP contribution in [0.4, 0.5) is 0 Å². The zero-order chi connectivity index (χ0) is 14.2. The van der Waals surface area contributed by atoms with Crippen molar-refractivity contribution in [3.8, 4) is 0 Å². The third kappa shape index (κ3) is 3.05. The minimum Gasteiger partial charge on any atom is -0.327 e. The van der Waals surface area contributed by atoms with Crippen LogP contribution >= 0.6 is 15.9 Å². The minimum atomic E-state index is 0.264. The Kier molecular flexibility index (Phi) is 4.72. The summed E-state index contributed by atoms with van der Waals surface area (Å²) in [6, 6.07) is 0.647. The van der Waals surface area contributed by atoms with Crippen LogP contribution in [-0.2, 0) is 0 Å². The van der Waals surface area contributed by atoms with Crippen molar-refractivity contribution in [2.45, 2.75) is 65.0 Å². The molecule has 3 atom stereocenters. The van der Waals surface area contributed by atoms with E-state index in [4.69, 9.17) is 5.73 Å². The van der Waals surface area contributed by atoms with Crippen LogP contribution in [0.15, 0.2) is 10.7 Å². The Balaban J connectivity index is 2.31. The quantitative estimate of drug-likeness (QED) is 0.908. The molecule has 1 fully saturated rings. The molecule has 1 aliphatic carbocycles. The average molecular weight is 328 g/mol. The monoisotopic (exact) mass is 327 g/mol. The van der Waals surface area contributed by atoms with E-state index < -0.39 is 0 Å². The molecular weight excluding hydrogens is 302 g/mol. The number of hydrogen-bond donors (Lipinski definition) is 1. The fourth-order valence-electron chi connectivity index (χ4n) is 3.26. The molecule has 3 unspecified atom stereocenters. The molecule has 0 spiro atoms. The van der Waals surface area contributed by atoms with Crippen LogP contribution in [0.3, 0.4) is 0 Å². The van der Waals surface area contributed by atoms with E-state index >= 15 is 0 Å². The predicted octanol–water partition coefficient (Wildman–Crippen LogP) is 4.09. The molecule has 2 rings (SSSR count). The van der Waals surface area contributed by atoms with Crippen LogP contribution in [0.25, 0.3) is 0 Å². The molecule has 1 aliphatic rings. The van der Waals surface area contributed by atoms with Crippen LogP contribution in [0, 0.1) is 11.8 Å². The van der Waals surface area contributed by atoms with Gasteiger partial charge in [0.2, 0.25) is 0 Å². The van der Waals surface area contributed by atoms with Gasteiger partial charge in [-0.15, -0.1) is 0 Å². The van der Waals surface area contributed by atoms with Crippen molar-refractivity contribution in [1.29, 1.82) is 0 Å². The summed E-state index contributed by atoms with van der Waals surface area (Å²) in [7, 11) is 0. The number of aromatic nitrogens is 2. The summed E-state index contributed by atoms with van der Waals surface area (Å²) in [6.45, 7) is 9.01. The summed E-state index contributed by atoms with van der Waals surface area (Å²) < 4.78 is 3.25. The fourth-order valence-corrected chi connectivity index (χ4v) is 3.82. The van der Waals surface area contributed by atoms with Gasteiger partial charge in [0, 0.05) is 18.0 Å². The SMILES string of the molecule is CC(C)C1CCC(N)C(c2c(Br)cnn2C(C)C)C1. The van der Waals surface area contributed by atoms with Gasteiger partial charge in [-0.2, -0.15) is 5.10 Å². The first-order valence-corrected chi connectivity index (χ1v) is 8.19. The van der Waals surface area contributed by atoms with E-state index in [0.717, 1.165) is 22.7 Å². The van der Waals surface area contributed by atoms with E-state index in [9.17, 15) is 0 Å². The molecule has 1 heterocycles. The lowest BCUT2D eigenvalue weighted by molar-refractivity contribution is 0.224. The molecule has 3 nitrogen and oxygen atoms in total. The predicted molar refractivity (Wildman–Crippen MR) is 83.2 cm³/mol. The summed E-state index contributed by atoms with van der Waals surface area (Å²) in [5.41, 5.74) is 7.71. The first kappa shape index (κ1) is 15.0. The lowest BCUT2D eigenvalue weighted by Gasteiger charge is -2.37. The van der Waals surface area contributed by atoms with Gasteiger partial charge in [0.15, 0.2) is 0 Å². The molecule has 108 valence electrons. The first-order chi connectivity index (χ1) is 8.91. The van der Waals surface area contributed by atoms with Crippen molar-refractivity contribution in [3.05, 3.63) is 16.4 Å². The lowest BCUT2D eigenvalue weighted by atomic mass is 9.72. The molecule has 2 N–H and O–H groups in total. The van der Waals surface area contributed by atoms with E-state index in [2.05, 4.69) is 53.4 Å². The topological polar surface area (TPSA) is 43.8 Å². The van der Waals surface area contributed by atoms with Crippen LogP contribution in [-0.4, -0.2) is 15.8 Å². The van der Waals surface area contributed by atoms with Gasteiger partial charge in [0.25, 0.3) is 0 Å². The molecule has 1 aromatic heterocycles. The molecule has 1 aromatic rings. The zero-order valence-electron chi connectivity index (χ0n) is 12.4. The van der Waals surface area contributed by atoms with Gasteiger partial charge in [-0.3, -0.25) is 4.68 Å². The van der Waals surface area contributed by atoms with E-state index in [0.29, 0.717) is 12.0 Å². The Hall–Kier alpha value is -0.350. The van der Waals surface area contributed by atoms with E-state index in [1.54, 1.807) is 0 Å². The highest BCUT2D eigenvalue weighted by atomic mass is 79.9. The molecule has 0 bridgehead atoms.